The molecule has 2 aromatic carbocycles. The summed E-state index contributed by atoms with van der Waals surface area (Å²) in [7, 11) is 0. The quantitative estimate of drug-likeness (QED) is 0.522. The standard InChI is InChI=1S/C22H21N5O2S/c1-13-8-6-10-18(15(13)3)25-21(29)23-12-16-11-19(28)27-22(24-16)30-20(26-27)17-9-5-4-7-14(17)2/h4-11H,12H2,1-3H3,(H2,23,25,29). The third kappa shape index (κ3) is 3.95. The molecule has 2 heterocycles. The fraction of sp³-hybridized carbons (Fsp3) is 0.182. The average molecular weight is 420 g/mol. The van der Waals surface area contributed by atoms with Gasteiger partial charge in [0.15, 0.2) is 0 Å². The minimum absolute atomic E-state index is 0.139. The van der Waals surface area contributed by atoms with E-state index in [0.717, 1.165) is 32.9 Å². The monoisotopic (exact) mass is 419 g/mol. The van der Waals surface area contributed by atoms with Gasteiger partial charge >= 0.3 is 6.03 Å². The number of anilines is 1. The van der Waals surface area contributed by atoms with E-state index in [9.17, 15) is 9.59 Å². The normalized spacial score (nSPS) is 10.9. The second kappa shape index (κ2) is 8.08. The van der Waals surface area contributed by atoms with E-state index in [1.807, 2.05) is 63.2 Å². The lowest BCUT2D eigenvalue weighted by Gasteiger charge is -2.11. The summed E-state index contributed by atoms with van der Waals surface area (Å²) in [6.45, 7) is 6.09. The Morgan fingerprint density at radius 2 is 1.83 bits per heavy atom. The van der Waals surface area contributed by atoms with E-state index < -0.39 is 0 Å². The summed E-state index contributed by atoms with van der Waals surface area (Å²) in [5.41, 5.74) is 5.12. The molecule has 0 saturated heterocycles. The van der Waals surface area contributed by atoms with Gasteiger partial charge in [-0.3, -0.25) is 4.79 Å². The molecule has 2 N–H and O–H groups in total. The van der Waals surface area contributed by atoms with Crippen LogP contribution < -0.4 is 16.2 Å². The van der Waals surface area contributed by atoms with E-state index in [1.54, 1.807) is 0 Å². The molecular weight excluding hydrogens is 398 g/mol. The Labute approximate surface area is 177 Å². The van der Waals surface area contributed by atoms with Crippen LogP contribution in [0.5, 0.6) is 0 Å². The molecule has 30 heavy (non-hydrogen) atoms. The molecule has 0 radical (unpaired) electrons. The summed E-state index contributed by atoms with van der Waals surface area (Å²) >= 11 is 1.35. The lowest BCUT2D eigenvalue weighted by molar-refractivity contribution is 0.251. The van der Waals surface area contributed by atoms with Crippen LogP contribution >= 0.6 is 11.3 Å². The molecule has 0 aliphatic rings. The van der Waals surface area contributed by atoms with Crippen LogP contribution in [0, 0.1) is 20.8 Å². The first-order valence-electron chi connectivity index (χ1n) is 9.49. The van der Waals surface area contributed by atoms with Crippen LogP contribution in [0.3, 0.4) is 0 Å². The third-order valence-electron chi connectivity index (χ3n) is 4.96. The summed E-state index contributed by atoms with van der Waals surface area (Å²) in [4.78, 5) is 29.8. The summed E-state index contributed by atoms with van der Waals surface area (Å²) in [5, 5.41) is 10.7. The fourth-order valence-electron chi connectivity index (χ4n) is 3.09. The van der Waals surface area contributed by atoms with Crippen LogP contribution in [0.1, 0.15) is 22.4 Å². The second-order valence-corrected chi connectivity index (χ2v) is 8.01. The minimum Gasteiger partial charge on any atom is -0.332 e. The number of urea groups is 1. The van der Waals surface area contributed by atoms with Gasteiger partial charge in [0.1, 0.15) is 5.01 Å². The molecule has 152 valence electrons. The van der Waals surface area contributed by atoms with Crippen molar-refractivity contribution >= 4 is 28.0 Å². The van der Waals surface area contributed by atoms with Crippen molar-refractivity contribution in [3.05, 3.63) is 81.3 Å². The molecule has 7 nitrogen and oxygen atoms in total. The minimum atomic E-state index is -0.351. The smallest absolute Gasteiger partial charge is 0.319 e. The first-order chi connectivity index (χ1) is 14.4. The number of aryl methyl sites for hydroxylation is 2. The predicted octanol–water partition coefficient (Wildman–Crippen LogP) is 4.06. The number of amides is 2. The molecule has 0 spiro atoms. The van der Waals surface area contributed by atoms with Gasteiger partial charge in [-0.25, -0.2) is 9.78 Å². The van der Waals surface area contributed by atoms with Crippen molar-refractivity contribution in [1.29, 1.82) is 0 Å². The molecule has 0 aliphatic heterocycles. The van der Waals surface area contributed by atoms with Crippen molar-refractivity contribution in [2.45, 2.75) is 27.3 Å². The number of carbonyl (C=O) groups is 1. The Kier molecular flexibility index (Phi) is 5.33. The van der Waals surface area contributed by atoms with Gasteiger partial charge in [0.25, 0.3) is 5.56 Å². The highest BCUT2D eigenvalue weighted by molar-refractivity contribution is 7.19. The maximum atomic E-state index is 12.5. The molecule has 4 aromatic rings. The van der Waals surface area contributed by atoms with E-state index in [4.69, 9.17) is 0 Å². The first kappa shape index (κ1) is 19.8. The first-order valence-corrected chi connectivity index (χ1v) is 10.3. The van der Waals surface area contributed by atoms with E-state index in [1.165, 1.54) is 21.9 Å². The number of rotatable bonds is 4. The molecule has 2 aromatic heterocycles. The summed E-state index contributed by atoms with van der Waals surface area (Å²) in [5.74, 6) is 0. The van der Waals surface area contributed by atoms with Crippen LogP contribution in [-0.2, 0) is 6.54 Å². The van der Waals surface area contributed by atoms with Gasteiger partial charge in [-0.2, -0.15) is 9.61 Å². The van der Waals surface area contributed by atoms with Gasteiger partial charge in [-0.15, -0.1) is 0 Å². The van der Waals surface area contributed by atoms with Crippen LogP contribution in [0.4, 0.5) is 10.5 Å². The number of hydrogen-bond donors (Lipinski definition) is 2. The van der Waals surface area contributed by atoms with Crippen molar-refractivity contribution < 1.29 is 4.79 Å². The molecular formula is C22H21N5O2S. The zero-order valence-corrected chi connectivity index (χ0v) is 17.7. The van der Waals surface area contributed by atoms with Gasteiger partial charge in [-0.05, 0) is 43.5 Å². The molecule has 2 amide bonds. The van der Waals surface area contributed by atoms with Crippen molar-refractivity contribution in [3.8, 4) is 10.6 Å². The highest BCUT2D eigenvalue weighted by Gasteiger charge is 2.13. The van der Waals surface area contributed by atoms with Gasteiger partial charge in [0, 0.05) is 17.3 Å². The van der Waals surface area contributed by atoms with Gasteiger partial charge in [-0.1, -0.05) is 47.7 Å². The van der Waals surface area contributed by atoms with E-state index in [2.05, 4.69) is 20.7 Å². The van der Waals surface area contributed by atoms with Crippen molar-refractivity contribution in [1.82, 2.24) is 19.9 Å². The highest BCUT2D eigenvalue weighted by Crippen LogP contribution is 2.27. The van der Waals surface area contributed by atoms with Crippen LogP contribution in [-0.4, -0.2) is 20.6 Å². The number of nitrogens with one attached hydrogen (secondary N) is 2. The Morgan fingerprint density at radius 3 is 2.63 bits per heavy atom. The van der Waals surface area contributed by atoms with Crippen LogP contribution in [0.25, 0.3) is 15.5 Å². The largest absolute Gasteiger partial charge is 0.332 e. The van der Waals surface area contributed by atoms with Gasteiger partial charge in [0.2, 0.25) is 4.96 Å². The lowest BCUT2D eigenvalue weighted by Crippen LogP contribution is -2.29. The average Bonchev–Trinajstić information content (AvgIpc) is 3.15. The zero-order chi connectivity index (χ0) is 21.3. The van der Waals surface area contributed by atoms with E-state index >= 15 is 0 Å². The van der Waals surface area contributed by atoms with Gasteiger partial charge in [0.05, 0.1) is 12.2 Å². The van der Waals surface area contributed by atoms with Crippen molar-refractivity contribution in [3.63, 3.8) is 0 Å². The van der Waals surface area contributed by atoms with E-state index in [-0.39, 0.29) is 18.1 Å². The molecule has 0 saturated carbocycles. The zero-order valence-electron chi connectivity index (χ0n) is 16.9. The Morgan fingerprint density at radius 1 is 1.07 bits per heavy atom. The fourth-order valence-corrected chi connectivity index (χ4v) is 4.11. The molecule has 0 unspecified atom stereocenters. The van der Waals surface area contributed by atoms with Crippen molar-refractivity contribution in [2.75, 3.05) is 5.32 Å². The van der Waals surface area contributed by atoms with Crippen LogP contribution in [0.15, 0.2) is 53.3 Å². The Bertz CT molecular complexity index is 1310. The topological polar surface area (TPSA) is 88.4 Å². The Hall–Kier alpha value is -3.52. The van der Waals surface area contributed by atoms with E-state index in [0.29, 0.717) is 10.7 Å². The molecule has 0 bridgehead atoms. The SMILES string of the molecule is Cc1ccccc1-c1nn2c(=O)cc(CNC(=O)Nc3cccc(C)c3C)nc2s1. The second-order valence-electron chi connectivity index (χ2n) is 7.06. The molecule has 0 aliphatic carbocycles. The summed E-state index contributed by atoms with van der Waals surface area (Å²) < 4.78 is 1.30. The number of carbonyl (C=O) groups excluding carboxylic acids is 1. The van der Waals surface area contributed by atoms with Crippen LogP contribution in [0.2, 0.25) is 0 Å². The number of hydrogen-bond acceptors (Lipinski definition) is 5. The molecule has 0 atom stereocenters. The number of nitrogens with zero attached hydrogens (tertiary/aromatic N) is 3. The molecule has 4 rings (SSSR count). The van der Waals surface area contributed by atoms with Crippen molar-refractivity contribution in [2.24, 2.45) is 0 Å². The molecule has 0 fully saturated rings. The van der Waals surface area contributed by atoms with Gasteiger partial charge < -0.3 is 10.6 Å². The Balaban J connectivity index is 1.52. The number of fused-ring (bicyclic) bond motifs is 1. The number of aromatic nitrogens is 3. The third-order valence-corrected chi connectivity index (χ3v) is 5.90. The predicted molar refractivity (Wildman–Crippen MR) is 119 cm³/mol. The summed E-state index contributed by atoms with van der Waals surface area (Å²) in [6, 6.07) is 14.7. The maximum absolute atomic E-state index is 12.5. The summed E-state index contributed by atoms with van der Waals surface area (Å²) in [6.07, 6.45) is 0. The molecule has 8 heteroatoms. The highest BCUT2D eigenvalue weighted by atomic mass is 32.1. The number of benzene rings is 2. The lowest BCUT2D eigenvalue weighted by atomic mass is 10.1. The maximum Gasteiger partial charge on any atom is 0.319 e.